The van der Waals surface area contributed by atoms with Crippen molar-refractivity contribution in [2.45, 2.75) is 19.4 Å². The summed E-state index contributed by atoms with van der Waals surface area (Å²) in [5, 5.41) is 9.86. The molecule has 4 nitrogen and oxygen atoms in total. The maximum atomic E-state index is 10.6. The molecule has 0 radical (unpaired) electrons. The molecule has 0 atom stereocenters. The number of primary amides is 1. The molecule has 0 aliphatic heterocycles. The zero-order valence-electron chi connectivity index (χ0n) is 9.45. The van der Waals surface area contributed by atoms with Gasteiger partial charge in [0.15, 0.2) is 0 Å². The van der Waals surface area contributed by atoms with Crippen LogP contribution in [-0.4, -0.2) is 16.8 Å². The fourth-order valence-corrected chi connectivity index (χ4v) is 1.16. The summed E-state index contributed by atoms with van der Waals surface area (Å²) >= 11 is 5.91. The van der Waals surface area contributed by atoms with E-state index in [1.165, 1.54) is 18.2 Å². The minimum atomic E-state index is -1.12. The summed E-state index contributed by atoms with van der Waals surface area (Å²) in [4.78, 5) is 10.6. The summed E-state index contributed by atoms with van der Waals surface area (Å²) in [6.07, 6.45) is -0.909. The third-order valence-electron chi connectivity index (χ3n) is 1.66. The first kappa shape index (κ1) is 13.4. The number of rotatable bonds is 1. The summed E-state index contributed by atoms with van der Waals surface area (Å²) < 4.78 is 4.69. The third kappa shape index (κ3) is 4.77. The molecule has 0 bridgehead atoms. The van der Waals surface area contributed by atoms with E-state index in [1.54, 1.807) is 13.8 Å². The molecule has 0 aliphatic carbocycles. The number of nitrogens with two attached hydrogens (primary N) is 1. The van der Waals surface area contributed by atoms with Gasteiger partial charge in [-0.2, -0.15) is 0 Å². The van der Waals surface area contributed by atoms with E-state index in [4.69, 9.17) is 22.1 Å². The van der Waals surface area contributed by atoms with Crippen LogP contribution >= 0.6 is 11.6 Å². The molecule has 0 saturated heterocycles. The van der Waals surface area contributed by atoms with Crippen molar-refractivity contribution in [1.82, 2.24) is 0 Å². The van der Waals surface area contributed by atoms with Crippen molar-refractivity contribution in [3.05, 3.63) is 28.8 Å². The molecule has 0 unspecified atom stereocenters. The lowest BCUT2D eigenvalue weighted by Crippen LogP contribution is -2.16. The number of ether oxygens (including phenoxy) is 1. The van der Waals surface area contributed by atoms with Gasteiger partial charge in [0.25, 0.3) is 0 Å². The highest BCUT2D eigenvalue weighted by molar-refractivity contribution is 6.31. The topological polar surface area (TPSA) is 72.6 Å². The molecule has 0 saturated carbocycles. The van der Waals surface area contributed by atoms with E-state index in [2.05, 4.69) is 11.8 Å². The molecule has 5 heteroatoms. The monoisotopic (exact) mass is 253 g/mol. The van der Waals surface area contributed by atoms with Crippen molar-refractivity contribution >= 4 is 17.7 Å². The minimum absolute atomic E-state index is 0.252. The SMILES string of the molecule is CC(C)(O)C#Cc1cc(OC(N)=O)ccc1Cl. The summed E-state index contributed by atoms with van der Waals surface area (Å²) in [5.74, 6) is 5.56. The first-order chi connectivity index (χ1) is 7.78. The number of aliphatic hydroxyl groups is 1. The molecule has 1 amide bonds. The van der Waals surface area contributed by atoms with Gasteiger partial charge in [0.05, 0.1) is 5.02 Å². The predicted octanol–water partition coefficient (Wildman–Crippen LogP) is 1.92. The van der Waals surface area contributed by atoms with Crippen LogP contribution in [-0.2, 0) is 0 Å². The summed E-state index contributed by atoms with van der Waals surface area (Å²) in [6.45, 7) is 3.11. The Kier molecular flexibility index (Phi) is 4.00. The first-order valence-electron chi connectivity index (χ1n) is 4.80. The van der Waals surface area contributed by atoms with Gasteiger partial charge in [-0.25, -0.2) is 4.79 Å². The van der Waals surface area contributed by atoms with Crippen LogP contribution in [0.2, 0.25) is 5.02 Å². The molecule has 1 aromatic carbocycles. The number of carbonyl (C=O) groups excluding carboxylic acids is 1. The molecule has 90 valence electrons. The van der Waals surface area contributed by atoms with Gasteiger partial charge in [-0.05, 0) is 32.0 Å². The maximum absolute atomic E-state index is 10.6. The van der Waals surface area contributed by atoms with Crippen LogP contribution in [0.25, 0.3) is 0 Å². The zero-order valence-corrected chi connectivity index (χ0v) is 10.2. The van der Waals surface area contributed by atoms with E-state index in [-0.39, 0.29) is 5.75 Å². The Labute approximate surface area is 104 Å². The van der Waals surface area contributed by atoms with Crippen molar-refractivity contribution in [1.29, 1.82) is 0 Å². The van der Waals surface area contributed by atoms with Crippen LogP contribution in [0.5, 0.6) is 5.75 Å². The van der Waals surface area contributed by atoms with Crippen molar-refractivity contribution in [3.8, 4) is 17.6 Å². The highest BCUT2D eigenvalue weighted by Crippen LogP contribution is 2.21. The molecule has 17 heavy (non-hydrogen) atoms. The van der Waals surface area contributed by atoms with E-state index < -0.39 is 11.7 Å². The molecule has 0 aliphatic rings. The molecular weight excluding hydrogens is 242 g/mol. The van der Waals surface area contributed by atoms with Crippen LogP contribution in [0.1, 0.15) is 19.4 Å². The Morgan fingerprint density at radius 3 is 2.71 bits per heavy atom. The van der Waals surface area contributed by atoms with Gasteiger partial charge >= 0.3 is 6.09 Å². The van der Waals surface area contributed by atoms with Gasteiger partial charge in [0.2, 0.25) is 0 Å². The summed E-state index contributed by atoms with van der Waals surface area (Å²) in [7, 11) is 0. The maximum Gasteiger partial charge on any atom is 0.409 e. The fourth-order valence-electron chi connectivity index (χ4n) is 1.00. The van der Waals surface area contributed by atoms with Crippen LogP contribution in [0.15, 0.2) is 18.2 Å². The van der Waals surface area contributed by atoms with Gasteiger partial charge in [0.1, 0.15) is 11.4 Å². The van der Waals surface area contributed by atoms with E-state index in [1.807, 2.05) is 0 Å². The zero-order chi connectivity index (χ0) is 13.1. The Morgan fingerprint density at radius 2 is 2.18 bits per heavy atom. The van der Waals surface area contributed by atoms with Gasteiger partial charge in [-0.3, -0.25) is 0 Å². The second-order valence-electron chi connectivity index (χ2n) is 3.87. The van der Waals surface area contributed by atoms with Crippen LogP contribution in [0.4, 0.5) is 4.79 Å². The smallest absolute Gasteiger partial charge is 0.409 e. The Bertz CT molecular complexity index is 495. The molecule has 0 fully saturated rings. The second kappa shape index (κ2) is 5.09. The average molecular weight is 254 g/mol. The molecular formula is C12H12ClNO3. The lowest BCUT2D eigenvalue weighted by atomic mass is 10.1. The molecule has 0 aromatic heterocycles. The van der Waals surface area contributed by atoms with Crippen molar-refractivity contribution < 1.29 is 14.6 Å². The van der Waals surface area contributed by atoms with Crippen molar-refractivity contribution in [3.63, 3.8) is 0 Å². The summed E-state index contributed by atoms with van der Waals surface area (Å²) in [6, 6.07) is 4.52. The standard InChI is InChI=1S/C12H12ClNO3/c1-12(2,16)6-5-8-7-9(17-11(14)15)3-4-10(8)13/h3-4,7,16H,1-2H3,(H2,14,15). The highest BCUT2D eigenvalue weighted by atomic mass is 35.5. The lowest BCUT2D eigenvalue weighted by molar-refractivity contribution is 0.143. The predicted molar refractivity (Wildman–Crippen MR) is 64.8 cm³/mol. The Hall–Kier alpha value is -1.70. The lowest BCUT2D eigenvalue weighted by Gasteiger charge is -2.07. The average Bonchev–Trinajstić information content (AvgIpc) is 2.17. The molecule has 3 N–H and O–H groups in total. The number of hydrogen-bond donors (Lipinski definition) is 2. The highest BCUT2D eigenvalue weighted by Gasteiger charge is 2.07. The van der Waals surface area contributed by atoms with E-state index in [9.17, 15) is 9.90 Å². The van der Waals surface area contributed by atoms with Gasteiger partial charge in [0, 0.05) is 5.56 Å². The Morgan fingerprint density at radius 1 is 1.53 bits per heavy atom. The van der Waals surface area contributed by atoms with Crippen LogP contribution in [0.3, 0.4) is 0 Å². The third-order valence-corrected chi connectivity index (χ3v) is 1.99. The molecule has 1 rings (SSSR count). The number of carbonyl (C=O) groups is 1. The van der Waals surface area contributed by atoms with Gasteiger partial charge in [-0.1, -0.05) is 23.4 Å². The number of halogens is 1. The normalized spacial score (nSPS) is 10.4. The molecule has 0 heterocycles. The van der Waals surface area contributed by atoms with Gasteiger partial charge < -0.3 is 15.6 Å². The molecule has 1 aromatic rings. The number of amides is 1. The molecule has 0 spiro atoms. The second-order valence-corrected chi connectivity index (χ2v) is 4.28. The van der Waals surface area contributed by atoms with E-state index >= 15 is 0 Å². The van der Waals surface area contributed by atoms with Crippen LogP contribution < -0.4 is 10.5 Å². The largest absolute Gasteiger partial charge is 0.410 e. The minimum Gasteiger partial charge on any atom is -0.410 e. The van der Waals surface area contributed by atoms with Gasteiger partial charge in [-0.15, -0.1) is 0 Å². The number of hydrogen-bond acceptors (Lipinski definition) is 3. The van der Waals surface area contributed by atoms with E-state index in [0.29, 0.717) is 10.6 Å². The quantitative estimate of drug-likeness (QED) is 0.751. The first-order valence-corrected chi connectivity index (χ1v) is 5.18. The van der Waals surface area contributed by atoms with Crippen LogP contribution in [0, 0.1) is 11.8 Å². The van der Waals surface area contributed by atoms with Crippen molar-refractivity contribution in [2.24, 2.45) is 5.73 Å². The Balaban J connectivity index is 3.05. The number of benzene rings is 1. The van der Waals surface area contributed by atoms with E-state index in [0.717, 1.165) is 0 Å². The fraction of sp³-hybridized carbons (Fsp3) is 0.250. The summed E-state index contributed by atoms with van der Waals surface area (Å²) in [5.41, 5.74) is 4.22. The van der Waals surface area contributed by atoms with Crippen molar-refractivity contribution in [2.75, 3.05) is 0 Å².